The van der Waals surface area contributed by atoms with E-state index in [1.807, 2.05) is 0 Å². The molecule has 0 aliphatic carbocycles. The van der Waals surface area contributed by atoms with Gasteiger partial charge in [-0.3, -0.25) is 0 Å². The van der Waals surface area contributed by atoms with Crippen molar-refractivity contribution < 1.29 is 9.53 Å². The van der Waals surface area contributed by atoms with Gasteiger partial charge in [0, 0.05) is 12.4 Å². The number of esters is 1. The summed E-state index contributed by atoms with van der Waals surface area (Å²) in [7, 11) is 3.06. The Balaban J connectivity index is 2.57. The van der Waals surface area contributed by atoms with Crippen molar-refractivity contribution >= 4 is 17.0 Å². The van der Waals surface area contributed by atoms with Gasteiger partial charge in [-0.1, -0.05) is 0 Å². The standard InChI is InChI=1S/C8H8N4O2/c1-12-7-5(4-9-12)3-6(10-11-7)8(13)14-2/h3-4H,1-2H3. The SMILES string of the molecule is COC(=O)c1cc2cnn(C)c2nn1. The number of nitrogens with zero attached hydrogens (tertiary/aromatic N) is 4. The van der Waals surface area contributed by atoms with Crippen molar-refractivity contribution in [1.29, 1.82) is 0 Å². The van der Waals surface area contributed by atoms with E-state index in [2.05, 4.69) is 20.0 Å². The number of aryl methyl sites for hydroxylation is 1. The molecule has 0 atom stereocenters. The molecule has 0 aliphatic rings. The fourth-order valence-electron chi connectivity index (χ4n) is 1.15. The third kappa shape index (κ3) is 1.20. The molecule has 2 aromatic heterocycles. The van der Waals surface area contributed by atoms with Crippen molar-refractivity contribution in [2.75, 3.05) is 7.11 Å². The minimum Gasteiger partial charge on any atom is -0.464 e. The van der Waals surface area contributed by atoms with Gasteiger partial charge in [-0.2, -0.15) is 5.10 Å². The number of ether oxygens (including phenoxy) is 1. The summed E-state index contributed by atoms with van der Waals surface area (Å²) in [6, 6.07) is 1.60. The zero-order valence-corrected chi connectivity index (χ0v) is 7.76. The van der Waals surface area contributed by atoms with Crippen LogP contribution in [0.1, 0.15) is 10.5 Å². The fourth-order valence-corrected chi connectivity index (χ4v) is 1.15. The van der Waals surface area contributed by atoms with Crippen LogP contribution in [-0.2, 0) is 11.8 Å². The molecule has 14 heavy (non-hydrogen) atoms. The van der Waals surface area contributed by atoms with Gasteiger partial charge in [0.1, 0.15) is 0 Å². The predicted octanol–water partition coefficient (Wildman–Crippen LogP) is 0.150. The molecule has 0 spiro atoms. The van der Waals surface area contributed by atoms with E-state index in [0.29, 0.717) is 5.65 Å². The Labute approximate surface area is 79.5 Å². The molecule has 0 saturated carbocycles. The molecule has 0 unspecified atom stereocenters. The van der Waals surface area contributed by atoms with Crippen LogP contribution in [0.15, 0.2) is 12.3 Å². The lowest BCUT2D eigenvalue weighted by Gasteiger charge is -1.96. The van der Waals surface area contributed by atoms with Crippen molar-refractivity contribution in [2.24, 2.45) is 7.05 Å². The predicted molar refractivity (Wildman–Crippen MR) is 47.6 cm³/mol. The summed E-state index contributed by atoms with van der Waals surface area (Å²) in [6.07, 6.45) is 1.62. The lowest BCUT2D eigenvalue weighted by Crippen LogP contribution is -2.05. The molecule has 0 radical (unpaired) electrons. The molecule has 0 N–H and O–H groups in total. The van der Waals surface area contributed by atoms with Crippen molar-refractivity contribution in [3.05, 3.63) is 18.0 Å². The molecule has 0 amide bonds. The Morgan fingerprint density at radius 2 is 2.29 bits per heavy atom. The largest absolute Gasteiger partial charge is 0.464 e. The minimum atomic E-state index is -0.497. The molecule has 0 saturated heterocycles. The first-order chi connectivity index (χ1) is 6.72. The Hall–Kier alpha value is -1.98. The molecule has 72 valence electrons. The average Bonchev–Trinajstić information content (AvgIpc) is 2.59. The fraction of sp³-hybridized carbons (Fsp3) is 0.250. The van der Waals surface area contributed by atoms with Gasteiger partial charge in [-0.05, 0) is 6.07 Å². The molecule has 0 fully saturated rings. The van der Waals surface area contributed by atoms with Crippen LogP contribution in [0, 0.1) is 0 Å². The summed E-state index contributed by atoms with van der Waals surface area (Å²) in [5.41, 5.74) is 0.825. The Kier molecular flexibility index (Phi) is 1.88. The number of fused-ring (bicyclic) bond motifs is 1. The summed E-state index contributed by atoms with van der Waals surface area (Å²) in [6.45, 7) is 0. The molecular weight excluding hydrogens is 184 g/mol. The normalized spacial score (nSPS) is 10.4. The van der Waals surface area contributed by atoms with E-state index in [-0.39, 0.29) is 5.69 Å². The maximum absolute atomic E-state index is 11.1. The van der Waals surface area contributed by atoms with Gasteiger partial charge < -0.3 is 4.74 Å². The van der Waals surface area contributed by atoms with Crippen molar-refractivity contribution in [3.63, 3.8) is 0 Å². The zero-order valence-electron chi connectivity index (χ0n) is 7.76. The highest BCUT2D eigenvalue weighted by atomic mass is 16.5. The Morgan fingerprint density at radius 1 is 1.50 bits per heavy atom. The van der Waals surface area contributed by atoms with Crippen LogP contribution in [0.5, 0.6) is 0 Å². The molecule has 6 heteroatoms. The smallest absolute Gasteiger partial charge is 0.358 e. The van der Waals surface area contributed by atoms with Crippen LogP contribution in [0.3, 0.4) is 0 Å². The molecule has 2 rings (SSSR count). The first kappa shape index (κ1) is 8.61. The van der Waals surface area contributed by atoms with Crippen LogP contribution in [0.2, 0.25) is 0 Å². The zero-order chi connectivity index (χ0) is 10.1. The van der Waals surface area contributed by atoms with Gasteiger partial charge in [0.15, 0.2) is 11.3 Å². The first-order valence-corrected chi connectivity index (χ1v) is 3.96. The van der Waals surface area contributed by atoms with Crippen LogP contribution in [0.4, 0.5) is 0 Å². The summed E-state index contributed by atoms with van der Waals surface area (Å²) >= 11 is 0. The van der Waals surface area contributed by atoms with Gasteiger partial charge in [0.25, 0.3) is 0 Å². The van der Waals surface area contributed by atoms with Crippen LogP contribution < -0.4 is 0 Å². The number of aromatic nitrogens is 4. The van der Waals surface area contributed by atoms with Crippen LogP contribution in [-0.4, -0.2) is 33.1 Å². The van der Waals surface area contributed by atoms with E-state index in [9.17, 15) is 4.79 Å². The minimum absolute atomic E-state index is 0.188. The highest BCUT2D eigenvalue weighted by Gasteiger charge is 2.10. The van der Waals surface area contributed by atoms with Crippen molar-refractivity contribution in [1.82, 2.24) is 20.0 Å². The highest BCUT2D eigenvalue weighted by Crippen LogP contribution is 2.09. The highest BCUT2D eigenvalue weighted by molar-refractivity contribution is 5.90. The first-order valence-electron chi connectivity index (χ1n) is 3.96. The third-order valence-electron chi connectivity index (χ3n) is 1.87. The third-order valence-corrected chi connectivity index (χ3v) is 1.87. The van der Waals surface area contributed by atoms with Gasteiger partial charge in [-0.25, -0.2) is 9.48 Å². The Bertz CT molecular complexity index is 491. The van der Waals surface area contributed by atoms with E-state index in [0.717, 1.165) is 5.39 Å². The second-order valence-corrected chi connectivity index (χ2v) is 2.77. The average molecular weight is 192 g/mol. The van der Waals surface area contributed by atoms with Gasteiger partial charge >= 0.3 is 5.97 Å². The van der Waals surface area contributed by atoms with Crippen LogP contribution >= 0.6 is 0 Å². The summed E-state index contributed by atoms with van der Waals surface area (Å²) in [5.74, 6) is -0.497. The molecule has 0 aliphatic heterocycles. The molecule has 2 aromatic rings. The number of carbonyl (C=O) groups excluding carboxylic acids is 1. The lowest BCUT2D eigenvalue weighted by molar-refractivity contribution is 0.0593. The van der Waals surface area contributed by atoms with Gasteiger partial charge in [0.2, 0.25) is 0 Å². The monoisotopic (exact) mass is 192 g/mol. The number of hydrogen-bond acceptors (Lipinski definition) is 5. The van der Waals surface area contributed by atoms with E-state index in [1.54, 1.807) is 24.0 Å². The summed E-state index contributed by atoms with van der Waals surface area (Å²) < 4.78 is 6.11. The second-order valence-electron chi connectivity index (χ2n) is 2.77. The van der Waals surface area contributed by atoms with E-state index >= 15 is 0 Å². The topological polar surface area (TPSA) is 69.9 Å². The van der Waals surface area contributed by atoms with Gasteiger partial charge in [-0.15, -0.1) is 10.2 Å². The number of carbonyl (C=O) groups is 1. The second kappa shape index (κ2) is 3.06. The van der Waals surface area contributed by atoms with Crippen LogP contribution in [0.25, 0.3) is 11.0 Å². The van der Waals surface area contributed by atoms with Gasteiger partial charge in [0.05, 0.1) is 13.3 Å². The number of hydrogen-bond donors (Lipinski definition) is 0. The molecule has 2 heterocycles. The Morgan fingerprint density at radius 3 is 3.00 bits per heavy atom. The number of rotatable bonds is 1. The van der Waals surface area contributed by atoms with E-state index in [1.165, 1.54) is 7.11 Å². The van der Waals surface area contributed by atoms with Crippen molar-refractivity contribution in [2.45, 2.75) is 0 Å². The quantitative estimate of drug-likeness (QED) is 0.601. The maximum Gasteiger partial charge on any atom is 0.358 e. The van der Waals surface area contributed by atoms with E-state index in [4.69, 9.17) is 0 Å². The molecule has 6 nitrogen and oxygen atoms in total. The molecular formula is C8H8N4O2. The van der Waals surface area contributed by atoms with E-state index < -0.39 is 5.97 Å². The maximum atomic E-state index is 11.1. The number of methoxy groups -OCH3 is 1. The van der Waals surface area contributed by atoms with Crippen molar-refractivity contribution in [3.8, 4) is 0 Å². The molecule has 0 bridgehead atoms. The summed E-state index contributed by atoms with van der Waals surface area (Å²) in [5, 5.41) is 12.3. The summed E-state index contributed by atoms with van der Waals surface area (Å²) in [4.78, 5) is 11.1. The molecule has 0 aromatic carbocycles. The lowest BCUT2D eigenvalue weighted by atomic mass is 10.3.